The largest absolute Gasteiger partial charge is 0.487 e. The number of fused-ring (bicyclic) bond motifs is 1. The van der Waals surface area contributed by atoms with Crippen molar-refractivity contribution >= 4 is 39.0 Å². The highest BCUT2D eigenvalue weighted by Crippen LogP contribution is 2.39. The number of hydrogen-bond donors (Lipinski definition) is 1. The average Bonchev–Trinajstić information content (AvgIpc) is 3.07. The minimum Gasteiger partial charge on any atom is -0.487 e. The van der Waals surface area contributed by atoms with Crippen molar-refractivity contribution in [3.05, 3.63) is 45.6 Å². The van der Waals surface area contributed by atoms with Gasteiger partial charge in [-0.15, -0.1) is 11.3 Å². The van der Waals surface area contributed by atoms with Gasteiger partial charge < -0.3 is 9.84 Å². The molecule has 2 aromatic heterocycles. The van der Waals surface area contributed by atoms with Crippen LogP contribution in [0.2, 0.25) is 5.02 Å². The van der Waals surface area contributed by atoms with Crippen LogP contribution in [0.1, 0.15) is 29.8 Å². The fraction of sp³-hybridized carbons (Fsp3) is 0.294. The zero-order valence-corrected chi connectivity index (χ0v) is 15.1. The summed E-state index contributed by atoms with van der Waals surface area (Å²) in [5, 5.41) is 16.7. The average molecular weight is 365 g/mol. The molecule has 0 aliphatic rings. The van der Waals surface area contributed by atoms with Crippen LogP contribution in [0.25, 0.3) is 10.1 Å². The molecule has 0 saturated heterocycles. The van der Waals surface area contributed by atoms with Crippen LogP contribution >= 0.6 is 22.9 Å². The number of carbonyl (C=O) groups is 1. The fourth-order valence-electron chi connectivity index (χ4n) is 2.61. The van der Waals surface area contributed by atoms with E-state index in [0.29, 0.717) is 17.4 Å². The highest BCUT2D eigenvalue weighted by Gasteiger charge is 2.20. The molecule has 1 unspecified atom stereocenters. The summed E-state index contributed by atoms with van der Waals surface area (Å²) in [6.45, 7) is 3.99. The van der Waals surface area contributed by atoms with Gasteiger partial charge in [0.05, 0.1) is 22.3 Å². The van der Waals surface area contributed by atoms with Crippen molar-refractivity contribution in [2.45, 2.75) is 26.4 Å². The number of hydrogen-bond acceptors (Lipinski definition) is 4. The number of aromatic nitrogens is 2. The number of aryl methyl sites for hydroxylation is 2. The Morgan fingerprint density at radius 3 is 2.83 bits per heavy atom. The van der Waals surface area contributed by atoms with Crippen LogP contribution in [-0.4, -0.2) is 20.9 Å². The zero-order chi connectivity index (χ0) is 17.4. The van der Waals surface area contributed by atoms with Gasteiger partial charge in [-0.05, 0) is 43.0 Å². The molecule has 1 aromatic carbocycles. The van der Waals surface area contributed by atoms with E-state index in [2.05, 4.69) is 5.10 Å². The molecule has 126 valence electrons. The predicted octanol–water partition coefficient (Wildman–Crippen LogP) is 4.36. The van der Waals surface area contributed by atoms with Crippen LogP contribution in [0.15, 0.2) is 23.6 Å². The molecule has 7 heteroatoms. The van der Waals surface area contributed by atoms with E-state index in [4.69, 9.17) is 16.3 Å². The van der Waals surface area contributed by atoms with Crippen molar-refractivity contribution < 1.29 is 14.6 Å². The highest BCUT2D eigenvalue weighted by atomic mass is 35.5. The molecule has 0 fully saturated rings. The maximum atomic E-state index is 11.2. The Kier molecular flexibility index (Phi) is 4.51. The molecule has 0 aliphatic carbocycles. The maximum Gasteiger partial charge on any atom is 0.310 e. The quantitative estimate of drug-likeness (QED) is 0.730. The van der Waals surface area contributed by atoms with Crippen LogP contribution in [0.5, 0.6) is 5.75 Å². The third-order valence-electron chi connectivity index (χ3n) is 3.95. The molecule has 3 rings (SSSR count). The van der Waals surface area contributed by atoms with Crippen LogP contribution in [0.4, 0.5) is 0 Å². The van der Waals surface area contributed by atoms with Gasteiger partial charge in [-0.3, -0.25) is 9.48 Å². The third-order valence-corrected chi connectivity index (χ3v) is 5.20. The molecule has 0 aliphatic heterocycles. The van der Waals surface area contributed by atoms with Crippen LogP contribution in [-0.2, 0) is 18.4 Å². The molecular formula is C17H17ClN2O3S. The summed E-state index contributed by atoms with van der Waals surface area (Å²) in [5.74, 6) is -0.805. The van der Waals surface area contributed by atoms with Crippen molar-refractivity contribution in [2.75, 3.05) is 0 Å². The molecule has 5 nitrogen and oxygen atoms in total. The molecule has 2 heterocycles. The number of thiophene rings is 1. The van der Waals surface area contributed by atoms with Gasteiger partial charge in [0.1, 0.15) is 12.4 Å². The molecule has 0 radical (unpaired) electrons. The molecule has 0 bridgehead atoms. The summed E-state index contributed by atoms with van der Waals surface area (Å²) < 4.78 is 8.54. The SMILES string of the molecule is Cc1cc(COc2cc(Cl)c3c(C(C)C(=O)O)csc3c2)n(C)n1. The summed E-state index contributed by atoms with van der Waals surface area (Å²) >= 11 is 7.86. The summed E-state index contributed by atoms with van der Waals surface area (Å²) in [6, 6.07) is 5.60. The number of carboxylic acids is 1. The van der Waals surface area contributed by atoms with Crippen molar-refractivity contribution in [3.8, 4) is 5.75 Å². The highest BCUT2D eigenvalue weighted by molar-refractivity contribution is 7.17. The first kappa shape index (κ1) is 16.8. The van der Waals surface area contributed by atoms with Gasteiger partial charge in [0, 0.05) is 17.1 Å². The lowest BCUT2D eigenvalue weighted by atomic mass is 10.0. The van der Waals surface area contributed by atoms with E-state index >= 15 is 0 Å². The minimum atomic E-state index is -0.863. The molecule has 24 heavy (non-hydrogen) atoms. The van der Waals surface area contributed by atoms with E-state index in [1.165, 1.54) is 11.3 Å². The second-order valence-corrected chi connectivity index (χ2v) is 7.04. The molecule has 1 atom stereocenters. The smallest absolute Gasteiger partial charge is 0.310 e. The summed E-state index contributed by atoms with van der Waals surface area (Å²) in [4.78, 5) is 11.2. The van der Waals surface area contributed by atoms with Gasteiger partial charge in [0.15, 0.2) is 0 Å². The first-order chi connectivity index (χ1) is 11.4. The Bertz CT molecular complexity index is 916. The van der Waals surface area contributed by atoms with E-state index in [9.17, 15) is 9.90 Å². The Labute approximate surface area is 148 Å². The Morgan fingerprint density at radius 1 is 1.46 bits per heavy atom. The van der Waals surface area contributed by atoms with Gasteiger partial charge in [0.25, 0.3) is 0 Å². The van der Waals surface area contributed by atoms with E-state index in [1.54, 1.807) is 17.7 Å². The number of aliphatic carboxylic acids is 1. The molecule has 1 N–H and O–H groups in total. The van der Waals surface area contributed by atoms with Gasteiger partial charge in [-0.2, -0.15) is 5.10 Å². The van der Waals surface area contributed by atoms with Crippen LogP contribution in [0, 0.1) is 6.92 Å². The topological polar surface area (TPSA) is 64.3 Å². The Balaban J connectivity index is 1.89. The first-order valence-corrected chi connectivity index (χ1v) is 8.68. The lowest BCUT2D eigenvalue weighted by Crippen LogP contribution is -2.06. The van der Waals surface area contributed by atoms with Crippen molar-refractivity contribution in [3.63, 3.8) is 0 Å². The van der Waals surface area contributed by atoms with Gasteiger partial charge >= 0.3 is 5.97 Å². The maximum absolute atomic E-state index is 11.2. The van der Waals surface area contributed by atoms with Gasteiger partial charge in [0.2, 0.25) is 0 Å². The lowest BCUT2D eigenvalue weighted by Gasteiger charge is -2.09. The van der Waals surface area contributed by atoms with E-state index < -0.39 is 11.9 Å². The molecule has 0 spiro atoms. The van der Waals surface area contributed by atoms with Crippen molar-refractivity contribution in [2.24, 2.45) is 7.05 Å². The number of halogens is 1. The Hall–Kier alpha value is -2.05. The standard InChI is InChI=1S/C17H17ClN2O3S/c1-9-4-11(20(3)19-9)7-23-12-5-14(18)16-13(10(2)17(21)22)8-24-15(16)6-12/h4-6,8,10H,7H2,1-3H3,(H,21,22). The van der Waals surface area contributed by atoms with Crippen LogP contribution in [0.3, 0.4) is 0 Å². The van der Waals surface area contributed by atoms with E-state index in [-0.39, 0.29) is 0 Å². The molecule has 0 amide bonds. The number of carboxylic acid groups (broad SMARTS) is 1. The van der Waals surface area contributed by atoms with Gasteiger partial charge in [-0.1, -0.05) is 11.6 Å². The predicted molar refractivity (Wildman–Crippen MR) is 95.2 cm³/mol. The summed E-state index contributed by atoms with van der Waals surface area (Å²) in [7, 11) is 1.88. The summed E-state index contributed by atoms with van der Waals surface area (Å²) in [6.07, 6.45) is 0. The third kappa shape index (κ3) is 3.12. The van der Waals surface area contributed by atoms with Crippen LogP contribution < -0.4 is 4.74 Å². The number of rotatable bonds is 5. The van der Waals surface area contributed by atoms with Gasteiger partial charge in [-0.25, -0.2) is 0 Å². The monoisotopic (exact) mass is 364 g/mol. The minimum absolute atomic E-state index is 0.392. The Morgan fingerprint density at radius 2 is 2.21 bits per heavy atom. The lowest BCUT2D eigenvalue weighted by molar-refractivity contribution is -0.138. The molecule has 3 aromatic rings. The number of benzene rings is 1. The second kappa shape index (κ2) is 6.45. The molecule has 0 saturated carbocycles. The van der Waals surface area contributed by atoms with E-state index in [0.717, 1.165) is 27.0 Å². The first-order valence-electron chi connectivity index (χ1n) is 7.42. The fourth-order valence-corrected chi connectivity index (χ4v) is 4.09. The van der Waals surface area contributed by atoms with Crippen molar-refractivity contribution in [1.29, 1.82) is 0 Å². The van der Waals surface area contributed by atoms with E-state index in [1.807, 2.05) is 31.5 Å². The molecular weight excluding hydrogens is 348 g/mol. The summed E-state index contributed by atoms with van der Waals surface area (Å²) in [5.41, 5.74) is 2.64. The second-order valence-electron chi connectivity index (χ2n) is 5.72. The number of nitrogens with zero attached hydrogens (tertiary/aromatic N) is 2. The normalized spacial score (nSPS) is 12.5. The van der Waals surface area contributed by atoms with Crippen molar-refractivity contribution in [1.82, 2.24) is 9.78 Å². The zero-order valence-electron chi connectivity index (χ0n) is 13.5. The number of ether oxygens (including phenoxy) is 1.